The van der Waals surface area contributed by atoms with E-state index in [1.807, 2.05) is 0 Å². The predicted octanol–water partition coefficient (Wildman–Crippen LogP) is 3.05. The summed E-state index contributed by atoms with van der Waals surface area (Å²) < 4.78 is 32.2. The van der Waals surface area contributed by atoms with Gasteiger partial charge in [-0.25, -0.2) is 8.42 Å². The molecule has 4 fully saturated rings. The number of hydrogen-bond donors (Lipinski definition) is 3. The van der Waals surface area contributed by atoms with Gasteiger partial charge >= 0.3 is 0 Å². The second-order valence-corrected chi connectivity index (χ2v) is 14.0. The number of carbonyl (C=O) groups is 1. The minimum Gasteiger partial charge on any atom is -0.748 e. The van der Waals surface area contributed by atoms with Crippen LogP contribution in [0.15, 0.2) is 0 Å². The fourth-order valence-electron chi connectivity index (χ4n) is 9.12. The summed E-state index contributed by atoms with van der Waals surface area (Å²) in [5.41, 5.74) is 0.0922. The van der Waals surface area contributed by atoms with E-state index in [0.29, 0.717) is 42.4 Å². The third-order valence-electron chi connectivity index (χ3n) is 11.0. The standard InChI is InChI=1S/C26H45NO6S/c1-16(4-9-24(30)27-12-13-34(31,32)33)20-7-8-21-19-6-5-17-14-18(28)10-11-25(17,2)22(19)15-23(29)26(20,21)3/h16-23,28-29H,4-15H2,1-3H3,(H,27,30)(H,31,32,33)/p-1/t16-,17-,18+,19+,20+,21+,22+,23-,25+,26+/m1/s1. The zero-order valence-electron chi connectivity index (χ0n) is 21.0. The van der Waals surface area contributed by atoms with Crippen molar-refractivity contribution < 1.29 is 28.0 Å². The summed E-state index contributed by atoms with van der Waals surface area (Å²) in [4.78, 5) is 12.2. The lowest BCUT2D eigenvalue weighted by Gasteiger charge is -2.62. The van der Waals surface area contributed by atoms with E-state index >= 15 is 0 Å². The minimum absolute atomic E-state index is 0.134. The molecule has 196 valence electrons. The van der Waals surface area contributed by atoms with Crippen LogP contribution in [0.25, 0.3) is 0 Å². The first-order valence-corrected chi connectivity index (χ1v) is 15.0. The van der Waals surface area contributed by atoms with E-state index < -0.39 is 15.9 Å². The molecule has 0 radical (unpaired) electrons. The largest absolute Gasteiger partial charge is 0.748 e. The lowest BCUT2D eigenvalue weighted by atomic mass is 9.43. The number of fused-ring (bicyclic) bond motifs is 5. The van der Waals surface area contributed by atoms with Gasteiger partial charge in [0, 0.05) is 13.0 Å². The highest BCUT2D eigenvalue weighted by molar-refractivity contribution is 7.85. The van der Waals surface area contributed by atoms with Crippen LogP contribution in [-0.2, 0) is 14.9 Å². The number of rotatable bonds is 7. The van der Waals surface area contributed by atoms with Gasteiger partial charge in [0.05, 0.1) is 28.1 Å². The Morgan fingerprint density at radius 2 is 1.82 bits per heavy atom. The average Bonchev–Trinajstić information content (AvgIpc) is 3.11. The summed E-state index contributed by atoms with van der Waals surface area (Å²) in [6.07, 6.45) is 8.85. The molecule has 4 saturated carbocycles. The molecule has 0 bridgehead atoms. The van der Waals surface area contributed by atoms with Crippen LogP contribution in [0, 0.1) is 46.3 Å². The van der Waals surface area contributed by atoms with E-state index in [9.17, 15) is 28.0 Å². The van der Waals surface area contributed by atoms with E-state index in [0.717, 1.165) is 38.5 Å². The van der Waals surface area contributed by atoms with Gasteiger partial charge in [-0.15, -0.1) is 0 Å². The Bertz CT molecular complexity index is 863. The smallest absolute Gasteiger partial charge is 0.220 e. The molecule has 0 unspecified atom stereocenters. The van der Waals surface area contributed by atoms with Crippen LogP contribution < -0.4 is 5.32 Å². The molecule has 0 spiro atoms. The molecule has 4 rings (SSSR count). The molecule has 4 aliphatic carbocycles. The van der Waals surface area contributed by atoms with Crippen LogP contribution in [-0.4, -0.2) is 53.6 Å². The van der Waals surface area contributed by atoms with Crippen LogP contribution in [0.1, 0.15) is 85.0 Å². The maximum absolute atomic E-state index is 12.2. The van der Waals surface area contributed by atoms with Crippen molar-refractivity contribution in [3.8, 4) is 0 Å². The average molecular weight is 499 g/mol. The number of aliphatic hydroxyl groups is 2. The Morgan fingerprint density at radius 3 is 2.53 bits per heavy atom. The van der Waals surface area contributed by atoms with Gasteiger partial charge in [-0.1, -0.05) is 20.8 Å². The molecule has 0 aromatic heterocycles. The lowest BCUT2D eigenvalue weighted by molar-refractivity contribution is -0.174. The Morgan fingerprint density at radius 1 is 1.09 bits per heavy atom. The maximum atomic E-state index is 12.2. The van der Waals surface area contributed by atoms with E-state index in [1.54, 1.807) is 0 Å². The zero-order chi connectivity index (χ0) is 24.9. The maximum Gasteiger partial charge on any atom is 0.220 e. The predicted molar refractivity (Wildman–Crippen MR) is 129 cm³/mol. The zero-order valence-corrected chi connectivity index (χ0v) is 21.9. The molecule has 0 saturated heterocycles. The highest BCUT2D eigenvalue weighted by atomic mass is 32.2. The molecule has 0 aromatic rings. The van der Waals surface area contributed by atoms with Crippen LogP contribution >= 0.6 is 0 Å². The quantitative estimate of drug-likeness (QED) is 0.463. The van der Waals surface area contributed by atoms with Crippen molar-refractivity contribution in [1.82, 2.24) is 5.32 Å². The summed E-state index contributed by atoms with van der Waals surface area (Å²) in [7, 11) is -4.32. The first kappa shape index (κ1) is 26.4. The Kier molecular flexibility index (Phi) is 7.47. The number of aliphatic hydroxyl groups excluding tert-OH is 2. The summed E-state index contributed by atoms with van der Waals surface area (Å²) in [6, 6.07) is 0. The van der Waals surface area contributed by atoms with Crippen molar-refractivity contribution >= 4 is 16.0 Å². The number of nitrogens with one attached hydrogen (secondary N) is 1. The van der Waals surface area contributed by atoms with Crippen LogP contribution in [0.4, 0.5) is 0 Å². The minimum atomic E-state index is -4.32. The molecule has 0 aromatic carbocycles. The van der Waals surface area contributed by atoms with Crippen molar-refractivity contribution in [3.05, 3.63) is 0 Å². The Labute approximate surface area is 205 Å². The highest BCUT2D eigenvalue weighted by Crippen LogP contribution is 2.68. The number of carbonyl (C=O) groups excluding carboxylic acids is 1. The van der Waals surface area contributed by atoms with E-state index in [-0.39, 0.29) is 41.4 Å². The summed E-state index contributed by atoms with van der Waals surface area (Å²) in [5.74, 6) is 2.10. The molecule has 8 heteroatoms. The first-order valence-electron chi connectivity index (χ1n) is 13.4. The van der Waals surface area contributed by atoms with Crippen LogP contribution in [0.5, 0.6) is 0 Å². The highest BCUT2D eigenvalue weighted by Gasteiger charge is 2.63. The van der Waals surface area contributed by atoms with Crippen molar-refractivity contribution in [1.29, 1.82) is 0 Å². The first-order chi connectivity index (χ1) is 15.9. The Hall–Kier alpha value is -0.700. The van der Waals surface area contributed by atoms with Gasteiger partial charge in [-0.2, -0.15) is 0 Å². The molecule has 0 heterocycles. The van der Waals surface area contributed by atoms with Gasteiger partial charge in [0.2, 0.25) is 5.91 Å². The van der Waals surface area contributed by atoms with E-state index in [4.69, 9.17) is 0 Å². The SMILES string of the molecule is C[C@H](CCC(=O)NCCS(=O)(=O)[O-])[C@@H]1CC[C@H]2[C@@H]3CC[C@@H]4C[C@@H](O)CC[C@]4(C)[C@H]3C[C@@H](O)[C@]21C. The van der Waals surface area contributed by atoms with Gasteiger partial charge in [0.1, 0.15) is 0 Å². The fourth-order valence-corrected chi connectivity index (χ4v) is 9.48. The normalized spacial score (nSPS) is 45.1. The van der Waals surface area contributed by atoms with Gasteiger partial charge in [0.25, 0.3) is 0 Å². The van der Waals surface area contributed by atoms with E-state index in [2.05, 4.69) is 26.1 Å². The summed E-state index contributed by atoms with van der Waals surface area (Å²) >= 11 is 0. The van der Waals surface area contributed by atoms with Gasteiger partial charge in [-0.05, 0) is 104 Å². The molecule has 1 amide bonds. The molecular weight excluding hydrogens is 454 g/mol. The third-order valence-corrected chi connectivity index (χ3v) is 11.7. The van der Waals surface area contributed by atoms with Gasteiger partial charge in [0.15, 0.2) is 0 Å². The van der Waals surface area contributed by atoms with Gasteiger partial charge < -0.3 is 20.1 Å². The molecular formula is C26H44NO6S-. The molecule has 0 aliphatic heterocycles. The fraction of sp³-hybridized carbons (Fsp3) is 0.962. The van der Waals surface area contributed by atoms with E-state index in [1.165, 1.54) is 12.8 Å². The lowest BCUT2D eigenvalue weighted by Crippen LogP contribution is -2.58. The summed E-state index contributed by atoms with van der Waals surface area (Å²) in [5, 5.41) is 24.4. The second-order valence-electron chi connectivity index (χ2n) is 12.5. The van der Waals surface area contributed by atoms with Crippen LogP contribution in [0.2, 0.25) is 0 Å². The number of hydrogen-bond acceptors (Lipinski definition) is 6. The monoisotopic (exact) mass is 498 g/mol. The molecule has 3 N–H and O–H groups in total. The van der Waals surface area contributed by atoms with Crippen molar-refractivity contribution in [2.45, 2.75) is 97.2 Å². The molecule has 10 atom stereocenters. The molecule has 34 heavy (non-hydrogen) atoms. The Balaban J connectivity index is 1.40. The van der Waals surface area contributed by atoms with Crippen molar-refractivity contribution in [3.63, 3.8) is 0 Å². The van der Waals surface area contributed by atoms with Crippen LogP contribution in [0.3, 0.4) is 0 Å². The number of amides is 1. The molecule has 4 aliphatic rings. The third kappa shape index (κ3) is 4.81. The van der Waals surface area contributed by atoms with Gasteiger partial charge in [-0.3, -0.25) is 4.79 Å². The second kappa shape index (κ2) is 9.64. The topological polar surface area (TPSA) is 127 Å². The van der Waals surface area contributed by atoms with Crippen molar-refractivity contribution in [2.24, 2.45) is 46.3 Å². The summed E-state index contributed by atoms with van der Waals surface area (Å²) in [6.45, 7) is 6.78. The van der Waals surface area contributed by atoms with Crippen molar-refractivity contribution in [2.75, 3.05) is 12.3 Å². The molecule has 7 nitrogen and oxygen atoms in total.